The molecular weight excluding hydrogens is 194 g/mol. The summed E-state index contributed by atoms with van der Waals surface area (Å²) >= 11 is 4.09. The first-order chi connectivity index (χ1) is 6.56. The monoisotopic (exact) mass is 213 g/mol. The molecule has 0 spiro atoms. The van der Waals surface area contributed by atoms with Gasteiger partial charge in [-0.1, -0.05) is 13.5 Å². The molecule has 4 heteroatoms. The van der Waals surface area contributed by atoms with Crippen molar-refractivity contribution >= 4 is 23.9 Å². The van der Waals surface area contributed by atoms with Crippen molar-refractivity contribution in [3.05, 3.63) is 12.3 Å². The summed E-state index contributed by atoms with van der Waals surface area (Å²) < 4.78 is 0. The quantitative estimate of drug-likeness (QED) is 0.312. The second kappa shape index (κ2) is 7.62. The molecule has 14 heavy (non-hydrogen) atoms. The number of hydrogen-bond donors (Lipinski definition) is 1. The van der Waals surface area contributed by atoms with Crippen molar-refractivity contribution in [2.24, 2.45) is 10.1 Å². The molecule has 0 rings (SSSR count). The molecule has 0 amide bonds. The average molecular weight is 213 g/mol. The standard InChI is InChI=1S/C10H19N3S/c1-5-7-11-9(2)6-8-13(4)12-10(3)14/h7H,2,5-6,8H2,1,3-4H3,(H,12,14)/b11-7-. The first kappa shape index (κ1) is 13.2. The van der Waals surface area contributed by atoms with Crippen LogP contribution in [0.5, 0.6) is 0 Å². The van der Waals surface area contributed by atoms with Crippen molar-refractivity contribution in [2.45, 2.75) is 26.7 Å². The van der Waals surface area contributed by atoms with Crippen LogP contribution in [0.1, 0.15) is 26.7 Å². The molecule has 0 aromatic carbocycles. The van der Waals surface area contributed by atoms with Gasteiger partial charge >= 0.3 is 0 Å². The second-order valence-electron chi connectivity index (χ2n) is 3.06. The van der Waals surface area contributed by atoms with Gasteiger partial charge in [-0.05, 0) is 13.3 Å². The average Bonchev–Trinajstić information content (AvgIpc) is 2.10. The highest BCUT2D eigenvalue weighted by atomic mass is 32.1. The van der Waals surface area contributed by atoms with Crippen molar-refractivity contribution < 1.29 is 0 Å². The van der Waals surface area contributed by atoms with E-state index in [1.165, 1.54) is 0 Å². The van der Waals surface area contributed by atoms with Gasteiger partial charge in [-0.15, -0.1) is 12.6 Å². The first-order valence-electron chi connectivity index (χ1n) is 4.71. The third kappa shape index (κ3) is 7.86. The number of hydrazone groups is 1. The van der Waals surface area contributed by atoms with E-state index < -0.39 is 0 Å². The van der Waals surface area contributed by atoms with Gasteiger partial charge in [-0.3, -0.25) is 10.0 Å². The minimum Gasteiger partial charge on any atom is -0.299 e. The molecule has 0 bridgehead atoms. The van der Waals surface area contributed by atoms with Gasteiger partial charge in [0.25, 0.3) is 0 Å². The molecule has 0 aromatic rings. The molecule has 0 atom stereocenters. The molecule has 0 N–H and O–H groups in total. The van der Waals surface area contributed by atoms with Crippen LogP contribution in [-0.4, -0.2) is 29.9 Å². The summed E-state index contributed by atoms with van der Waals surface area (Å²) in [5.41, 5.74) is 0.894. The summed E-state index contributed by atoms with van der Waals surface area (Å²) in [5.74, 6) is 0. The molecule has 0 unspecified atom stereocenters. The summed E-state index contributed by atoms with van der Waals surface area (Å²) in [5, 5.41) is 6.75. The van der Waals surface area contributed by atoms with E-state index >= 15 is 0 Å². The number of aliphatic imine (C=N–C) groups is 1. The molecule has 0 radical (unpaired) electrons. The Hall–Kier alpha value is -0.770. The Bertz CT molecular complexity index is 230. The van der Waals surface area contributed by atoms with Gasteiger partial charge in [0, 0.05) is 31.9 Å². The maximum atomic E-state index is 4.18. The Labute approximate surface area is 92.0 Å². The molecular formula is C10H19N3S. The lowest BCUT2D eigenvalue weighted by Gasteiger charge is -2.12. The molecule has 0 aliphatic carbocycles. The van der Waals surface area contributed by atoms with Crippen LogP contribution < -0.4 is 0 Å². The van der Waals surface area contributed by atoms with Crippen LogP contribution in [0, 0.1) is 0 Å². The van der Waals surface area contributed by atoms with E-state index in [0.717, 1.165) is 30.1 Å². The van der Waals surface area contributed by atoms with Crippen LogP contribution >= 0.6 is 12.6 Å². The Kier molecular flexibility index (Phi) is 7.20. The normalized spacial score (nSPS) is 12.1. The largest absolute Gasteiger partial charge is 0.299 e. The summed E-state index contributed by atoms with van der Waals surface area (Å²) in [7, 11) is 1.91. The van der Waals surface area contributed by atoms with Crippen molar-refractivity contribution in [1.29, 1.82) is 0 Å². The third-order valence-electron chi connectivity index (χ3n) is 1.50. The van der Waals surface area contributed by atoms with Crippen molar-refractivity contribution in [3.8, 4) is 0 Å². The SMILES string of the molecule is C=C(CCN(C)/N=C(/C)S)/N=C\CC. The smallest absolute Gasteiger partial charge is 0.0872 e. The fraction of sp³-hybridized carbons (Fsp3) is 0.600. The maximum absolute atomic E-state index is 4.18. The van der Waals surface area contributed by atoms with Crippen molar-refractivity contribution in [1.82, 2.24) is 5.01 Å². The molecule has 0 fully saturated rings. The molecule has 0 aromatic heterocycles. The van der Waals surface area contributed by atoms with Gasteiger partial charge in [0.15, 0.2) is 0 Å². The second-order valence-corrected chi connectivity index (χ2v) is 3.71. The lowest BCUT2D eigenvalue weighted by molar-refractivity contribution is 0.359. The van der Waals surface area contributed by atoms with E-state index in [0.29, 0.717) is 0 Å². The maximum Gasteiger partial charge on any atom is 0.0872 e. The Balaban J connectivity index is 3.77. The van der Waals surface area contributed by atoms with Gasteiger partial charge < -0.3 is 0 Å². The van der Waals surface area contributed by atoms with Crippen molar-refractivity contribution in [3.63, 3.8) is 0 Å². The molecule has 3 nitrogen and oxygen atoms in total. The van der Waals surface area contributed by atoms with Crippen LogP contribution in [0.25, 0.3) is 0 Å². The van der Waals surface area contributed by atoms with Crippen LogP contribution in [0.15, 0.2) is 22.4 Å². The van der Waals surface area contributed by atoms with Crippen LogP contribution in [0.2, 0.25) is 0 Å². The van der Waals surface area contributed by atoms with Crippen LogP contribution in [0.4, 0.5) is 0 Å². The van der Waals surface area contributed by atoms with E-state index in [-0.39, 0.29) is 0 Å². The fourth-order valence-corrected chi connectivity index (χ4v) is 1.03. The third-order valence-corrected chi connectivity index (χ3v) is 1.59. The number of rotatable bonds is 6. The summed E-state index contributed by atoms with van der Waals surface area (Å²) in [4.78, 5) is 4.18. The molecule has 0 aliphatic rings. The molecule has 0 saturated carbocycles. The van der Waals surface area contributed by atoms with E-state index in [2.05, 4.69) is 36.2 Å². The van der Waals surface area contributed by atoms with Gasteiger partial charge in [0.2, 0.25) is 0 Å². The van der Waals surface area contributed by atoms with Crippen LogP contribution in [0.3, 0.4) is 0 Å². The predicted octanol–water partition coefficient (Wildman–Crippen LogP) is 2.57. The zero-order chi connectivity index (χ0) is 11.0. The lowest BCUT2D eigenvalue weighted by Crippen LogP contribution is -2.13. The number of nitrogens with zero attached hydrogens (tertiary/aromatic N) is 3. The highest BCUT2D eigenvalue weighted by Gasteiger charge is 1.95. The highest BCUT2D eigenvalue weighted by Crippen LogP contribution is 2.01. The Morgan fingerprint density at radius 2 is 2.21 bits per heavy atom. The fourth-order valence-electron chi connectivity index (χ4n) is 0.873. The topological polar surface area (TPSA) is 28.0 Å². The Morgan fingerprint density at radius 3 is 2.71 bits per heavy atom. The zero-order valence-electron chi connectivity index (χ0n) is 9.19. The van der Waals surface area contributed by atoms with E-state index in [1.54, 1.807) is 0 Å². The van der Waals surface area contributed by atoms with Crippen molar-refractivity contribution in [2.75, 3.05) is 13.6 Å². The molecule has 0 aliphatic heterocycles. The predicted molar refractivity (Wildman–Crippen MR) is 67.3 cm³/mol. The van der Waals surface area contributed by atoms with Gasteiger partial charge in [0.1, 0.15) is 0 Å². The Morgan fingerprint density at radius 1 is 1.57 bits per heavy atom. The summed E-state index contributed by atoms with van der Waals surface area (Å²) in [6.45, 7) is 8.57. The minimum absolute atomic E-state index is 0.759. The molecule has 0 heterocycles. The minimum atomic E-state index is 0.759. The van der Waals surface area contributed by atoms with E-state index in [1.807, 2.05) is 25.2 Å². The molecule has 0 saturated heterocycles. The zero-order valence-corrected chi connectivity index (χ0v) is 10.1. The number of thiol groups is 1. The first-order valence-corrected chi connectivity index (χ1v) is 5.16. The van der Waals surface area contributed by atoms with E-state index in [9.17, 15) is 0 Å². The van der Waals surface area contributed by atoms with Gasteiger partial charge in [0.05, 0.1) is 5.04 Å². The molecule has 80 valence electrons. The van der Waals surface area contributed by atoms with Crippen LogP contribution in [-0.2, 0) is 0 Å². The van der Waals surface area contributed by atoms with Gasteiger partial charge in [-0.2, -0.15) is 5.10 Å². The van der Waals surface area contributed by atoms with E-state index in [4.69, 9.17) is 0 Å². The highest BCUT2D eigenvalue weighted by molar-refractivity contribution is 7.96. The van der Waals surface area contributed by atoms with Gasteiger partial charge in [-0.25, -0.2) is 0 Å². The lowest BCUT2D eigenvalue weighted by atomic mass is 10.3. The summed E-state index contributed by atoms with van der Waals surface area (Å²) in [6, 6.07) is 0. The summed E-state index contributed by atoms with van der Waals surface area (Å²) in [6.07, 6.45) is 3.65. The number of hydrogen-bond acceptors (Lipinski definition) is 3.